The van der Waals surface area contributed by atoms with E-state index >= 15 is 0 Å². The van der Waals surface area contributed by atoms with Gasteiger partial charge in [-0.25, -0.2) is 9.97 Å². The van der Waals surface area contributed by atoms with Crippen LogP contribution in [0.25, 0.3) is 15.9 Å². The minimum atomic E-state index is -0.220. The summed E-state index contributed by atoms with van der Waals surface area (Å²) in [6.45, 7) is 5.92. The highest BCUT2D eigenvalue weighted by Gasteiger charge is 2.24. The summed E-state index contributed by atoms with van der Waals surface area (Å²) in [7, 11) is 0. The third-order valence-corrected chi connectivity index (χ3v) is 5.68. The molecule has 1 atom stereocenters. The van der Waals surface area contributed by atoms with Gasteiger partial charge in [0, 0.05) is 10.9 Å². The second-order valence-corrected chi connectivity index (χ2v) is 7.23. The average molecular weight is 329 g/mol. The summed E-state index contributed by atoms with van der Waals surface area (Å²) >= 11 is 1.75. The van der Waals surface area contributed by atoms with Gasteiger partial charge in [0.1, 0.15) is 10.7 Å². The second-order valence-electron chi connectivity index (χ2n) is 6.15. The molecule has 6 nitrogen and oxygen atoms in total. The lowest BCUT2D eigenvalue weighted by molar-refractivity contribution is 0.0929. The van der Waals surface area contributed by atoms with Crippen LogP contribution < -0.4 is 5.32 Å². The number of carbonyl (C=O) groups is 1. The van der Waals surface area contributed by atoms with E-state index in [1.807, 2.05) is 20.8 Å². The van der Waals surface area contributed by atoms with Gasteiger partial charge in [-0.05, 0) is 45.1 Å². The number of aromatic nitrogens is 4. The third-order valence-electron chi connectivity index (χ3n) is 4.50. The van der Waals surface area contributed by atoms with Gasteiger partial charge in [-0.1, -0.05) is 6.92 Å². The molecule has 3 heterocycles. The van der Waals surface area contributed by atoms with Gasteiger partial charge in [0.2, 0.25) is 5.82 Å². The van der Waals surface area contributed by atoms with E-state index in [2.05, 4.69) is 20.4 Å². The van der Waals surface area contributed by atoms with E-state index in [4.69, 9.17) is 0 Å². The first-order valence-electron chi connectivity index (χ1n) is 8.07. The van der Waals surface area contributed by atoms with Crippen molar-refractivity contribution in [3.63, 3.8) is 0 Å². The lowest BCUT2D eigenvalue weighted by atomic mass is 10.2. The normalized spacial score (nSPS) is 15.3. The molecule has 1 aliphatic rings. The molecule has 0 aliphatic heterocycles. The smallest absolute Gasteiger partial charge is 0.291 e. The van der Waals surface area contributed by atoms with Crippen molar-refractivity contribution in [1.82, 2.24) is 24.9 Å². The van der Waals surface area contributed by atoms with Crippen LogP contribution in [0.2, 0.25) is 0 Å². The quantitative estimate of drug-likeness (QED) is 0.802. The molecule has 0 bridgehead atoms. The molecule has 0 saturated carbocycles. The lowest BCUT2D eigenvalue weighted by Gasteiger charge is -2.08. The Labute approximate surface area is 137 Å². The standard InChI is InChI=1S/C16H19N5OS/c1-4-8(2)17-15(22)13-19-14-12-10-6-5-7-11(10)23-16(12)18-9(3)21(14)20-13/h8H,4-7H2,1-3H3,(H,17,22). The van der Waals surface area contributed by atoms with Gasteiger partial charge < -0.3 is 5.32 Å². The molecule has 120 valence electrons. The molecule has 0 saturated heterocycles. The van der Waals surface area contributed by atoms with Crippen LogP contribution in [0.15, 0.2) is 0 Å². The van der Waals surface area contributed by atoms with Crippen LogP contribution >= 0.6 is 11.3 Å². The number of fused-ring (bicyclic) bond motifs is 5. The van der Waals surface area contributed by atoms with Gasteiger partial charge >= 0.3 is 0 Å². The van der Waals surface area contributed by atoms with Crippen molar-refractivity contribution in [3.05, 3.63) is 22.1 Å². The number of nitrogens with zero attached hydrogens (tertiary/aromatic N) is 4. The fourth-order valence-corrected chi connectivity index (χ4v) is 4.38. The molecule has 3 aromatic rings. The summed E-state index contributed by atoms with van der Waals surface area (Å²) in [5.74, 6) is 0.769. The number of amides is 1. The Morgan fingerprint density at radius 1 is 1.39 bits per heavy atom. The summed E-state index contributed by atoms with van der Waals surface area (Å²) in [6.07, 6.45) is 4.25. The molecule has 23 heavy (non-hydrogen) atoms. The Balaban J connectivity index is 1.89. The number of carbonyl (C=O) groups excluding carboxylic acids is 1. The topological polar surface area (TPSA) is 72.2 Å². The molecule has 1 aliphatic carbocycles. The van der Waals surface area contributed by atoms with Crippen molar-refractivity contribution < 1.29 is 4.79 Å². The average Bonchev–Trinajstić information content (AvgIpc) is 3.19. The van der Waals surface area contributed by atoms with Gasteiger partial charge in [-0.15, -0.1) is 16.4 Å². The molecule has 0 fully saturated rings. The summed E-state index contributed by atoms with van der Waals surface area (Å²) in [6, 6.07) is 0.110. The molecular weight excluding hydrogens is 310 g/mol. The fourth-order valence-electron chi connectivity index (χ4n) is 3.08. The Bertz CT molecular complexity index is 926. The highest BCUT2D eigenvalue weighted by atomic mass is 32.1. The summed E-state index contributed by atoms with van der Waals surface area (Å²) in [5, 5.41) is 8.40. The summed E-state index contributed by atoms with van der Waals surface area (Å²) in [4.78, 5) is 24.0. The Morgan fingerprint density at radius 2 is 2.22 bits per heavy atom. The van der Waals surface area contributed by atoms with Crippen LogP contribution in [0.3, 0.4) is 0 Å². The van der Waals surface area contributed by atoms with E-state index in [0.717, 1.165) is 41.0 Å². The van der Waals surface area contributed by atoms with Crippen molar-refractivity contribution in [2.75, 3.05) is 0 Å². The van der Waals surface area contributed by atoms with Crippen LogP contribution in [0.5, 0.6) is 0 Å². The predicted molar refractivity (Wildman–Crippen MR) is 90.1 cm³/mol. The van der Waals surface area contributed by atoms with Gasteiger partial charge in [0.05, 0.1) is 5.39 Å². The molecule has 0 radical (unpaired) electrons. The molecule has 0 spiro atoms. The van der Waals surface area contributed by atoms with E-state index in [1.54, 1.807) is 15.9 Å². The molecule has 1 N–H and O–H groups in total. The van der Waals surface area contributed by atoms with Crippen LogP contribution in [0.4, 0.5) is 0 Å². The van der Waals surface area contributed by atoms with E-state index in [1.165, 1.54) is 16.9 Å². The maximum atomic E-state index is 12.3. The number of hydrogen-bond acceptors (Lipinski definition) is 5. The van der Waals surface area contributed by atoms with Crippen molar-refractivity contribution in [2.45, 2.75) is 52.5 Å². The van der Waals surface area contributed by atoms with Gasteiger partial charge in [-0.3, -0.25) is 4.79 Å². The lowest BCUT2D eigenvalue weighted by Crippen LogP contribution is -2.32. The largest absolute Gasteiger partial charge is 0.347 e. The van der Waals surface area contributed by atoms with Gasteiger partial charge in [-0.2, -0.15) is 4.52 Å². The molecule has 4 rings (SSSR count). The van der Waals surface area contributed by atoms with Gasteiger partial charge in [0.25, 0.3) is 5.91 Å². The Morgan fingerprint density at radius 3 is 3.00 bits per heavy atom. The summed E-state index contributed by atoms with van der Waals surface area (Å²) < 4.78 is 1.71. The third kappa shape index (κ3) is 2.22. The Hall–Kier alpha value is -2.02. The van der Waals surface area contributed by atoms with E-state index in [0.29, 0.717) is 0 Å². The molecule has 1 unspecified atom stereocenters. The van der Waals surface area contributed by atoms with Crippen molar-refractivity contribution in [1.29, 1.82) is 0 Å². The number of rotatable bonds is 3. The van der Waals surface area contributed by atoms with Crippen LogP contribution in [-0.4, -0.2) is 31.5 Å². The van der Waals surface area contributed by atoms with Crippen LogP contribution in [0.1, 0.15) is 53.6 Å². The Kier molecular flexibility index (Phi) is 3.33. The molecule has 7 heteroatoms. The second kappa shape index (κ2) is 5.26. The zero-order valence-corrected chi connectivity index (χ0v) is 14.3. The first kappa shape index (κ1) is 14.6. The van der Waals surface area contributed by atoms with Crippen molar-refractivity contribution >= 4 is 33.1 Å². The predicted octanol–water partition coefficient (Wildman–Crippen LogP) is 2.66. The van der Waals surface area contributed by atoms with Gasteiger partial charge in [0.15, 0.2) is 5.65 Å². The van der Waals surface area contributed by atoms with E-state index in [9.17, 15) is 4.79 Å². The molecular formula is C16H19N5OS. The highest BCUT2D eigenvalue weighted by molar-refractivity contribution is 7.19. The first-order valence-corrected chi connectivity index (χ1v) is 8.88. The molecule has 1 amide bonds. The van der Waals surface area contributed by atoms with E-state index < -0.39 is 0 Å². The SMILES string of the molecule is CCC(C)NC(=O)c1nc2c3c4c(sc3nc(C)n2n1)CCC4. The van der Waals surface area contributed by atoms with Crippen molar-refractivity contribution in [2.24, 2.45) is 0 Å². The highest BCUT2D eigenvalue weighted by Crippen LogP contribution is 2.38. The number of hydrogen-bond donors (Lipinski definition) is 1. The number of aryl methyl sites for hydroxylation is 3. The minimum Gasteiger partial charge on any atom is -0.347 e. The maximum absolute atomic E-state index is 12.3. The molecule has 0 aromatic carbocycles. The maximum Gasteiger partial charge on any atom is 0.291 e. The van der Waals surface area contributed by atoms with E-state index in [-0.39, 0.29) is 17.8 Å². The number of thiophene rings is 1. The van der Waals surface area contributed by atoms with Crippen LogP contribution in [-0.2, 0) is 12.8 Å². The first-order chi connectivity index (χ1) is 11.1. The zero-order valence-electron chi connectivity index (χ0n) is 13.5. The number of nitrogens with one attached hydrogen (secondary N) is 1. The van der Waals surface area contributed by atoms with Crippen molar-refractivity contribution in [3.8, 4) is 0 Å². The van der Waals surface area contributed by atoms with Crippen LogP contribution in [0, 0.1) is 6.92 Å². The monoisotopic (exact) mass is 329 g/mol. The fraction of sp³-hybridized carbons (Fsp3) is 0.500. The minimum absolute atomic E-state index is 0.110. The zero-order chi connectivity index (χ0) is 16.1. The molecule has 3 aromatic heterocycles. The summed E-state index contributed by atoms with van der Waals surface area (Å²) in [5.41, 5.74) is 2.12.